The zero-order chi connectivity index (χ0) is 17.5. The van der Waals surface area contributed by atoms with Gasteiger partial charge in [0, 0.05) is 12.2 Å². The number of hydrogen-bond donors (Lipinski definition) is 0. The summed E-state index contributed by atoms with van der Waals surface area (Å²) in [7, 11) is 1.58. The fourth-order valence-corrected chi connectivity index (χ4v) is 2.07. The highest BCUT2D eigenvalue weighted by Crippen LogP contribution is 2.28. The molecule has 24 heavy (non-hydrogen) atoms. The Labute approximate surface area is 142 Å². The second-order valence-electron chi connectivity index (χ2n) is 5.51. The van der Waals surface area contributed by atoms with Gasteiger partial charge in [-0.25, -0.2) is 0 Å². The number of ether oxygens (including phenoxy) is 2. The lowest BCUT2D eigenvalue weighted by molar-refractivity contribution is 0.104. The third-order valence-electron chi connectivity index (χ3n) is 3.39. The number of allylic oxidation sites excluding steroid dienone is 1. The van der Waals surface area contributed by atoms with Crippen molar-refractivity contribution in [3.63, 3.8) is 0 Å². The van der Waals surface area contributed by atoms with Crippen molar-refractivity contribution in [1.29, 1.82) is 0 Å². The van der Waals surface area contributed by atoms with Crippen LogP contribution >= 0.6 is 0 Å². The Kier molecular flexibility index (Phi) is 5.95. The van der Waals surface area contributed by atoms with Gasteiger partial charge in [0.15, 0.2) is 17.3 Å². The second-order valence-corrected chi connectivity index (χ2v) is 5.51. The Hall–Kier alpha value is -2.82. The first-order valence-corrected chi connectivity index (χ1v) is 7.73. The van der Waals surface area contributed by atoms with Gasteiger partial charge in [0.1, 0.15) is 6.61 Å². The lowest BCUT2D eigenvalue weighted by Gasteiger charge is -2.09. The van der Waals surface area contributed by atoms with Crippen LogP contribution in [0.5, 0.6) is 11.5 Å². The van der Waals surface area contributed by atoms with Crippen LogP contribution in [0.2, 0.25) is 0 Å². The predicted octanol–water partition coefficient (Wildman–Crippen LogP) is 3.93. The molecule has 0 spiro atoms. The summed E-state index contributed by atoms with van der Waals surface area (Å²) in [6, 6.07) is 5.72. The monoisotopic (exact) mass is 326 g/mol. The maximum absolute atomic E-state index is 12.2. The number of nitrogens with zero attached hydrogens (tertiary/aromatic N) is 2. The van der Waals surface area contributed by atoms with Crippen molar-refractivity contribution in [3.8, 4) is 11.5 Å². The molecule has 0 aliphatic rings. The van der Waals surface area contributed by atoms with E-state index < -0.39 is 0 Å². The maximum atomic E-state index is 12.2. The molecule has 0 bridgehead atoms. The van der Waals surface area contributed by atoms with Gasteiger partial charge in [0.2, 0.25) is 0 Å². The van der Waals surface area contributed by atoms with E-state index in [1.54, 1.807) is 36.3 Å². The number of carbonyl (C=O) groups is 1. The summed E-state index contributed by atoms with van der Waals surface area (Å²) < 4.78 is 12.6. The molecule has 1 heterocycles. The standard InChI is InChI=1S/C19H22N2O3/c1-5-10-24-18-9-7-15(11-19(18)23-4)6-8-17(22)16-12-20-21(13-16)14(2)3/h5-9,11-14H,1,10H2,2-4H3/b8-6+. The molecule has 2 rings (SSSR count). The fourth-order valence-electron chi connectivity index (χ4n) is 2.07. The summed E-state index contributed by atoms with van der Waals surface area (Å²) in [5.74, 6) is 1.16. The second kappa shape index (κ2) is 8.15. The van der Waals surface area contributed by atoms with E-state index in [9.17, 15) is 4.79 Å². The Balaban J connectivity index is 2.12. The number of ketones is 1. The minimum atomic E-state index is -0.0900. The van der Waals surface area contributed by atoms with Gasteiger partial charge in [-0.05, 0) is 37.6 Å². The summed E-state index contributed by atoms with van der Waals surface area (Å²) in [6.07, 6.45) is 8.28. The third-order valence-corrected chi connectivity index (χ3v) is 3.39. The molecule has 0 fully saturated rings. The summed E-state index contributed by atoms with van der Waals surface area (Å²) in [5.41, 5.74) is 1.42. The van der Waals surface area contributed by atoms with Crippen LogP contribution in [0.1, 0.15) is 35.8 Å². The topological polar surface area (TPSA) is 53.3 Å². The zero-order valence-corrected chi connectivity index (χ0v) is 14.2. The molecule has 0 saturated carbocycles. The van der Waals surface area contributed by atoms with Crippen LogP contribution in [0.3, 0.4) is 0 Å². The summed E-state index contributed by atoms with van der Waals surface area (Å²) in [4.78, 5) is 12.2. The van der Waals surface area contributed by atoms with Gasteiger partial charge < -0.3 is 9.47 Å². The molecule has 126 valence electrons. The van der Waals surface area contributed by atoms with Gasteiger partial charge >= 0.3 is 0 Å². The van der Waals surface area contributed by atoms with Crippen molar-refractivity contribution in [2.75, 3.05) is 13.7 Å². The first-order chi connectivity index (χ1) is 11.5. The van der Waals surface area contributed by atoms with E-state index in [0.717, 1.165) is 5.56 Å². The van der Waals surface area contributed by atoms with E-state index in [0.29, 0.717) is 23.7 Å². The first-order valence-electron chi connectivity index (χ1n) is 7.73. The normalized spacial score (nSPS) is 11.0. The van der Waals surface area contributed by atoms with E-state index >= 15 is 0 Å². The molecule has 1 aromatic heterocycles. The summed E-state index contributed by atoms with van der Waals surface area (Å²) in [5, 5.41) is 4.18. The highest BCUT2D eigenvalue weighted by molar-refractivity contribution is 6.06. The van der Waals surface area contributed by atoms with E-state index in [1.165, 1.54) is 6.08 Å². The number of hydrogen-bond acceptors (Lipinski definition) is 4. The van der Waals surface area contributed by atoms with Crippen molar-refractivity contribution in [1.82, 2.24) is 9.78 Å². The van der Waals surface area contributed by atoms with Crippen molar-refractivity contribution >= 4 is 11.9 Å². The molecule has 0 radical (unpaired) electrons. The molecule has 0 N–H and O–H groups in total. The van der Waals surface area contributed by atoms with Crippen molar-refractivity contribution < 1.29 is 14.3 Å². The Morgan fingerprint density at radius 2 is 2.17 bits per heavy atom. The van der Waals surface area contributed by atoms with Crippen LogP contribution < -0.4 is 9.47 Å². The van der Waals surface area contributed by atoms with Crippen molar-refractivity contribution in [3.05, 3.63) is 60.5 Å². The Bertz CT molecular complexity index is 745. The van der Waals surface area contributed by atoms with E-state index in [2.05, 4.69) is 11.7 Å². The summed E-state index contributed by atoms with van der Waals surface area (Å²) >= 11 is 0. The van der Waals surface area contributed by atoms with Crippen LogP contribution in [0.4, 0.5) is 0 Å². The minimum absolute atomic E-state index is 0.0900. The van der Waals surface area contributed by atoms with Crippen LogP contribution in [0, 0.1) is 0 Å². The van der Waals surface area contributed by atoms with Gasteiger partial charge in [-0.1, -0.05) is 24.8 Å². The van der Waals surface area contributed by atoms with Crippen LogP contribution in [0.25, 0.3) is 6.08 Å². The fraction of sp³-hybridized carbons (Fsp3) is 0.263. The predicted molar refractivity (Wildman–Crippen MR) is 94.7 cm³/mol. The smallest absolute Gasteiger partial charge is 0.189 e. The molecule has 0 atom stereocenters. The van der Waals surface area contributed by atoms with E-state index in [-0.39, 0.29) is 11.8 Å². The first kappa shape index (κ1) is 17.5. The minimum Gasteiger partial charge on any atom is -0.493 e. The number of aromatic nitrogens is 2. The zero-order valence-electron chi connectivity index (χ0n) is 14.2. The molecule has 0 saturated heterocycles. The average Bonchev–Trinajstić information content (AvgIpc) is 3.08. The maximum Gasteiger partial charge on any atom is 0.189 e. The molecule has 5 heteroatoms. The molecular weight excluding hydrogens is 304 g/mol. The molecule has 2 aromatic rings. The average molecular weight is 326 g/mol. The molecule has 0 amide bonds. The molecule has 5 nitrogen and oxygen atoms in total. The van der Waals surface area contributed by atoms with Gasteiger partial charge in [-0.15, -0.1) is 0 Å². The van der Waals surface area contributed by atoms with Gasteiger partial charge in [-0.3, -0.25) is 9.48 Å². The quantitative estimate of drug-likeness (QED) is 0.419. The van der Waals surface area contributed by atoms with Crippen LogP contribution in [0.15, 0.2) is 49.3 Å². The van der Waals surface area contributed by atoms with Crippen molar-refractivity contribution in [2.45, 2.75) is 19.9 Å². The SMILES string of the molecule is C=CCOc1ccc(/C=C/C(=O)c2cnn(C(C)C)c2)cc1OC. The highest BCUT2D eigenvalue weighted by Gasteiger charge is 2.08. The largest absolute Gasteiger partial charge is 0.493 e. The van der Waals surface area contributed by atoms with Crippen LogP contribution in [-0.4, -0.2) is 29.3 Å². The third kappa shape index (κ3) is 4.35. The highest BCUT2D eigenvalue weighted by atomic mass is 16.5. The van der Waals surface area contributed by atoms with Crippen LogP contribution in [-0.2, 0) is 0 Å². The van der Waals surface area contributed by atoms with E-state index in [4.69, 9.17) is 9.47 Å². The number of methoxy groups -OCH3 is 1. The Morgan fingerprint density at radius 1 is 1.38 bits per heavy atom. The summed E-state index contributed by atoms with van der Waals surface area (Å²) in [6.45, 7) is 8.05. The molecule has 0 unspecified atom stereocenters. The number of benzene rings is 1. The molecule has 1 aromatic carbocycles. The Morgan fingerprint density at radius 3 is 2.79 bits per heavy atom. The van der Waals surface area contributed by atoms with Gasteiger partial charge in [0.25, 0.3) is 0 Å². The van der Waals surface area contributed by atoms with E-state index in [1.807, 2.05) is 32.0 Å². The lowest BCUT2D eigenvalue weighted by Crippen LogP contribution is -2.00. The van der Waals surface area contributed by atoms with Crippen molar-refractivity contribution in [2.24, 2.45) is 0 Å². The number of carbonyl (C=O) groups excluding carboxylic acids is 1. The number of rotatable bonds is 8. The molecule has 0 aliphatic heterocycles. The molecular formula is C19H22N2O3. The van der Waals surface area contributed by atoms with Gasteiger partial charge in [-0.2, -0.15) is 5.10 Å². The lowest BCUT2D eigenvalue weighted by atomic mass is 10.1. The van der Waals surface area contributed by atoms with Gasteiger partial charge in [0.05, 0.1) is 18.9 Å². The molecule has 0 aliphatic carbocycles.